The third kappa shape index (κ3) is 4.52. The fraction of sp³-hybridized carbons (Fsp3) is 0. The van der Waals surface area contributed by atoms with Crippen molar-refractivity contribution in [1.82, 2.24) is 19.5 Å². The SMILES string of the molecule is [2H]c1cc([2H])c2oc3c(-c4ccc(-c5nc(-c6ccccc6)nc(-c6ccccc6)n5)cc4-n4c5c([2H])cc([2H])c([2H])c5c5c([2H])c([2H])cc([2H])c54)c([2H])c([2H])c([2H])c3c2c1[2H]. The Morgan fingerprint density at radius 3 is 1.66 bits per heavy atom. The largest absolute Gasteiger partial charge is 0.455 e. The smallest absolute Gasteiger partial charge is 0.164 e. The van der Waals surface area contributed by atoms with Crippen LogP contribution in [-0.2, 0) is 0 Å². The molecule has 0 spiro atoms. The Morgan fingerprint density at radius 1 is 0.460 bits per heavy atom. The molecule has 0 fully saturated rings. The first-order chi connectivity index (χ1) is 29.7. The van der Waals surface area contributed by atoms with Gasteiger partial charge < -0.3 is 8.98 Å². The highest BCUT2D eigenvalue weighted by Gasteiger charge is 2.21. The topological polar surface area (TPSA) is 56.7 Å². The molecule has 0 saturated heterocycles. The fourth-order valence-electron chi connectivity index (χ4n) is 6.32. The maximum Gasteiger partial charge on any atom is 0.164 e. The molecule has 0 bridgehead atoms. The third-order valence-electron chi connectivity index (χ3n) is 8.58. The van der Waals surface area contributed by atoms with Crippen LogP contribution in [0.1, 0.15) is 16.4 Å². The zero-order valence-electron chi connectivity index (χ0n) is 37.9. The molecule has 0 aliphatic rings. The summed E-state index contributed by atoms with van der Waals surface area (Å²) in [5, 5.41) is -0.115. The van der Waals surface area contributed by atoms with Gasteiger partial charge in [-0.3, -0.25) is 0 Å². The highest BCUT2D eigenvalue weighted by Crippen LogP contribution is 2.42. The second-order valence-electron chi connectivity index (χ2n) is 11.5. The molecule has 0 N–H and O–H groups in total. The lowest BCUT2D eigenvalue weighted by Gasteiger charge is -2.16. The summed E-state index contributed by atoms with van der Waals surface area (Å²) in [6.45, 7) is 0. The first-order valence-corrected chi connectivity index (χ1v) is 15.7. The van der Waals surface area contributed by atoms with Gasteiger partial charge >= 0.3 is 0 Å². The molecule has 234 valence electrons. The van der Waals surface area contributed by atoms with Crippen LogP contribution in [0, 0.1) is 0 Å². The van der Waals surface area contributed by atoms with E-state index in [4.69, 9.17) is 31.7 Å². The van der Waals surface area contributed by atoms with E-state index in [1.54, 1.807) is 18.2 Å². The van der Waals surface area contributed by atoms with Crippen LogP contribution in [0.25, 0.3) is 94.7 Å². The van der Waals surface area contributed by atoms with Gasteiger partial charge in [0.15, 0.2) is 17.5 Å². The molecule has 10 rings (SSSR count). The molecule has 5 nitrogen and oxygen atoms in total. The van der Waals surface area contributed by atoms with E-state index >= 15 is 0 Å². The van der Waals surface area contributed by atoms with Gasteiger partial charge in [0, 0.05) is 49.4 Å². The van der Waals surface area contributed by atoms with Crippen molar-refractivity contribution in [1.29, 1.82) is 0 Å². The van der Waals surface area contributed by atoms with Crippen molar-refractivity contribution in [2.24, 2.45) is 0 Å². The van der Waals surface area contributed by atoms with Crippen LogP contribution in [-0.4, -0.2) is 19.5 Å². The summed E-state index contributed by atoms with van der Waals surface area (Å²) in [4.78, 5) is 14.6. The summed E-state index contributed by atoms with van der Waals surface area (Å²) in [6, 6.07) is 23.0. The van der Waals surface area contributed by atoms with Crippen molar-refractivity contribution in [3.05, 3.63) is 170 Å². The molecule has 0 saturated carbocycles. The van der Waals surface area contributed by atoms with Gasteiger partial charge in [-0.25, -0.2) is 15.0 Å². The highest BCUT2D eigenvalue weighted by molar-refractivity contribution is 6.12. The maximum absolute atomic E-state index is 9.38. The molecule has 0 atom stereocenters. The molecular formula is C45H28N4O. The number of aromatic nitrogens is 4. The lowest BCUT2D eigenvalue weighted by atomic mass is 9.98. The van der Waals surface area contributed by atoms with Crippen molar-refractivity contribution in [2.75, 3.05) is 0 Å². The summed E-state index contributed by atoms with van der Waals surface area (Å²) >= 11 is 0. The number of nitrogens with zero attached hydrogens (tertiary/aromatic N) is 4. The van der Waals surface area contributed by atoms with Crippen LogP contribution >= 0.6 is 0 Å². The van der Waals surface area contributed by atoms with Crippen molar-refractivity contribution >= 4 is 43.7 Å². The zero-order valence-corrected chi connectivity index (χ0v) is 25.9. The molecule has 5 heteroatoms. The molecule has 0 aliphatic carbocycles. The monoisotopic (exact) mass is 652 g/mol. The van der Waals surface area contributed by atoms with Gasteiger partial charge in [-0.05, 0) is 24.2 Å². The number of benzene rings is 7. The summed E-state index contributed by atoms with van der Waals surface area (Å²) in [5.41, 5.74) is 1.84. The van der Waals surface area contributed by atoms with Crippen LogP contribution in [0.2, 0.25) is 0 Å². The van der Waals surface area contributed by atoms with E-state index in [1.807, 2.05) is 60.7 Å². The van der Waals surface area contributed by atoms with E-state index in [-0.39, 0.29) is 121 Å². The quantitative estimate of drug-likeness (QED) is 0.186. The Balaban J connectivity index is 1.39. The van der Waals surface area contributed by atoms with Gasteiger partial charge in [0.2, 0.25) is 0 Å². The standard InChI is InChI=1S/C45H28N4O/c1-3-14-29(15-4-1)43-46-44(30-16-5-2-6-17-30)48-45(47-43)31-26-27-34(36-21-13-22-37-35-20-9-12-25-41(35)50-42(36)37)40(28-31)49-38-23-10-7-18-32(38)33-19-8-11-24-39(33)49/h1-28H/i7D,8D,9D,13D,18D,19D,20D,21D,22D,23D,24D,25D. The molecule has 50 heavy (non-hydrogen) atoms. The third-order valence-corrected chi connectivity index (χ3v) is 8.58. The van der Waals surface area contributed by atoms with Crippen LogP contribution in [0.4, 0.5) is 0 Å². The minimum atomic E-state index is -0.534. The summed E-state index contributed by atoms with van der Waals surface area (Å²) in [5.74, 6) is 0.919. The van der Waals surface area contributed by atoms with Crippen LogP contribution in [0.3, 0.4) is 0 Å². The van der Waals surface area contributed by atoms with Crippen LogP contribution in [0.15, 0.2) is 174 Å². The number of hydrogen-bond donors (Lipinski definition) is 0. The van der Waals surface area contributed by atoms with E-state index in [0.29, 0.717) is 28.3 Å². The zero-order chi connectivity index (χ0) is 43.5. The molecule has 0 radical (unpaired) electrons. The Morgan fingerprint density at radius 2 is 1.02 bits per heavy atom. The molecule has 0 amide bonds. The van der Waals surface area contributed by atoms with Crippen LogP contribution in [0.5, 0.6) is 0 Å². The molecule has 0 aliphatic heterocycles. The number of furan rings is 1. The summed E-state index contributed by atoms with van der Waals surface area (Å²) in [7, 11) is 0. The Kier molecular flexibility index (Phi) is 4.24. The van der Waals surface area contributed by atoms with Gasteiger partial charge in [0.05, 0.1) is 33.2 Å². The van der Waals surface area contributed by atoms with Crippen LogP contribution < -0.4 is 0 Å². The highest BCUT2D eigenvalue weighted by atomic mass is 16.3. The normalized spacial score (nSPS) is 15.0. The van der Waals surface area contributed by atoms with E-state index in [1.165, 1.54) is 16.7 Å². The van der Waals surface area contributed by atoms with Crippen molar-refractivity contribution in [3.63, 3.8) is 0 Å². The summed E-state index contributed by atoms with van der Waals surface area (Å²) < 4.78 is 115. The predicted molar refractivity (Wildman–Crippen MR) is 203 cm³/mol. The van der Waals surface area contributed by atoms with E-state index in [9.17, 15) is 4.11 Å². The van der Waals surface area contributed by atoms with Crippen molar-refractivity contribution < 1.29 is 20.9 Å². The minimum Gasteiger partial charge on any atom is -0.455 e. The Bertz CT molecular complexity index is 3430. The van der Waals surface area contributed by atoms with Gasteiger partial charge in [0.25, 0.3) is 0 Å². The lowest BCUT2D eigenvalue weighted by Crippen LogP contribution is -2.02. The number of fused-ring (bicyclic) bond motifs is 6. The minimum absolute atomic E-state index is 0.0114. The molecule has 7 aromatic carbocycles. The first kappa shape index (κ1) is 18.6. The van der Waals surface area contributed by atoms with E-state index in [2.05, 4.69) is 0 Å². The van der Waals surface area contributed by atoms with Gasteiger partial charge in [-0.2, -0.15) is 0 Å². The molecule has 3 heterocycles. The molecule has 0 unspecified atom stereocenters. The average molecular weight is 653 g/mol. The van der Waals surface area contributed by atoms with Crippen molar-refractivity contribution in [3.8, 4) is 51.0 Å². The number of hydrogen-bond acceptors (Lipinski definition) is 4. The second kappa shape index (κ2) is 11.4. The van der Waals surface area contributed by atoms with Gasteiger partial charge in [-0.1, -0.05) is 145 Å². The Labute approximate surface area is 304 Å². The summed E-state index contributed by atoms with van der Waals surface area (Å²) in [6.07, 6.45) is 0. The second-order valence-corrected chi connectivity index (χ2v) is 11.5. The van der Waals surface area contributed by atoms with E-state index in [0.717, 1.165) is 6.07 Å². The molecule has 3 aromatic heterocycles. The lowest BCUT2D eigenvalue weighted by molar-refractivity contribution is 0.670. The fourth-order valence-corrected chi connectivity index (χ4v) is 6.32. The molecular weight excluding hydrogens is 613 g/mol. The van der Waals surface area contributed by atoms with Gasteiger partial charge in [-0.15, -0.1) is 0 Å². The maximum atomic E-state index is 9.38. The van der Waals surface area contributed by atoms with E-state index < -0.39 is 18.1 Å². The number of para-hydroxylation sites is 4. The first-order valence-electron chi connectivity index (χ1n) is 21.7. The average Bonchev–Trinajstić information content (AvgIpc) is 3.86. The Hall–Kier alpha value is -6.85. The molecule has 10 aromatic rings. The van der Waals surface area contributed by atoms with Gasteiger partial charge in [0.1, 0.15) is 11.2 Å². The number of rotatable bonds is 5. The predicted octanol–water partition coefficient (Wildman–Crippen LogP) is 11.5. The van der Waals surface area contributed by atoms with Crippen molar-refractivity contribution in [2.45, 2.75) is 0 Å².